The van der Waals surface area contributed by atoms with Gasteiger partial charge < -0.3 is 15.9 Å². The maximum atomic E-state index is 9.31. The summed E-state index contributed by atoms with van der Waals surface area (Å²) in [7, 11) is 0. The Balaban J connectivity index is 2.40. The van der Waals surface area contributed by atoms with Crippen molar-refractivity contribution in [3.8, 4) is 0 Å². The molecule has 1 aromatic carbocycles. The third-order valence-electron chi connectivity index (χ3n) is 4.71. The summed E-state index contributed by atoms with van der Waals surface area (Å²) in [6.45, 7) is 3.96. The zero-order valence-electron chi connectivity index (χ0n) is 14.9. The van der Waals surface area contributed by atoms with Crippen molar-refractivity contribution in [2.45, 2.75) is 76.7 Å². The Hall–Kier alpha value is -0.900. The summed E-state index contributed by atoms with van der Waals surface area (Å²) in [5, 5.41) is 18.6. The minimum absolute atomic E-state index is 0.191. The van der Waals surface area contributed by atoms with Crippen LogP contribution in [0.15, 0.2) is 24.3 Å². The highest BCUT2D eigenvalue weighted by Gasteiger charge is 2.26. The number of nitrogens with two attached hydrogens (primary N) is 1. The van der Waals surface area contributed by atoms with Gasteiger partial charge >= 0.3 is 0 Å². The van der Waals surface area contributed by atoms with Crippen LogP contribution in [0.25, 0.3) is 0 Å². The molecule has 1 aromatic rings. The van der Waals surface area contributed by atoms with Gasteiger partial charge in [-0.1, -0.05) is 70.2 Å². The van der Waals surface area contributed by atoms with E-state index in [4.69, 9.17) is 5.73 Å². The summed E-state index contributed by atoms with van der Waals surface area (Å²) >= 11 is 0. The van der Waals surface area contributed by atoms with Crippen molar-refractivity contribution >= 4 is 0 Å². The van der Waals surface area contributed by atoms with Gasteiger partial charge in [0.2, 0.25) is 0 Å². The van der Waals surface area contributed by atoms with Gasteiger partial charge in [-0.15, -0.1) is 0 Å². The molecule has 0 radical (unpaired) electrons. The van der Waals surface area contributed by atoms with Crippen LogP contribution in [0.5, 0.6) is 0 Å². The first-order chi connectivity index (χ1) is 11.0. The molecule has 0 spiro atoms. The Morgan fingerprint density at radius 2 is 1.52 bits per heavy atom. The molecule has 0 amide bonds. The van der Waals surface area contributed by atoms with E-state index in [1.807, 2.05) is 0 Å². The SMILES string of the molecule is CCCCCCCCc1ccc([C@H](C)CC(N)(CO)CO)cc1. The number of aryl methyl sites for hydroxylation is 1. The van der Waals surface area contributed by atoms with Crippen molar-refractivity contribution in [3.05, 3.63) is 35.4 Å². The summed E-state index contributed by atoms with van der Waals surface area (Å²) in [4.78, 5) is 0. The van der Waals surface area contributed by atoms with Crippen LogP contribution in [0.3, 0.4) is 0 Å². The maximum absolute atomic E-state index is 9.31. The van der Waals surface area contributed by atoms with Crippen LogP contribution in [-0.2, 0) is 6.42 Å². The number of unbranched alkanes of at least 4 members (excludes halogenated alkanes) is 5. The zero-order chi connectivity index (χ0) is 17.1. The molecule has 3 nitrogen and oxygen atoms in total. The summed E-state index contributed by atoms with van der Waals surface area (Å²) in [6.07, 6.45) is 9.69. The molecule has 0 fully saturated rings. The average Bonchev–Trinajstić information content (AvgIpc) is 2.58. The van der Waals surface area contributed by atoms with E-state index in [1.165, 1.54) is 49.7 Å². The van der Waals surface area contributed by atoms with E-state index in [1.54, 1.807) is 0 Å². The molecule has 23 heavy (non-hydrogen) atoms. The Bertz CT molecular complexity index is 412. The van der Waals surface area contributed by atoms with Gasteiger partial charge in [-0.3, -0.25) is 0 Å². The van der Waals surface area contributed by atoms with E-state index in [0.29, 0.717) is 6.42 Å². The summed E-state index contributed by atoms with van der Waals surface area (Å²) in [6, 6.07) is 8.72. The highest BCUT2D eigenvalue weighted by atomic mass is 16.3. The van der Waals surface area contributed by atoms with Gasteiger partial charge in [0.15, 0.2) is 0 Å². The van der Waals surface area contributed by atoms with Gasteiger partial charge in [0.25, 0.3) is 0 Å². The molecule has 0 saturated heterocycles. The molecule has 1 rings (SSSR count). The highest BCUT2D eigenvalue weighted by Crippen LogP contribution is 2.25. The lowest BCUT2D eigenvalue weighted by atomic mass is 9.86. The molecule has 0 unspecified atom stereocenters. The molecule has 1 atom stereocenters. The van der Waals surface area contributed by atoms with Gasteiger partial charge in [0.1, 0.15) is 0 Å². The van der Waals surface area contributed by atoms with Crippen molar-refractivity contribution < 1.29 is 10.2 Å². The normalized spacial score (nSPS) is 13.3. The lowest BCUT2D eigenvalue weighted by Crippen LogP contribution is -2.48. The standard InChI is InChI=1S/C20H35NO2/c1-3-4-5-6-7-8-9-18-10-12-19(13-11-18)17(2)14-20(21,15-22)16-23/h10-13,17,22-23H,3-9,14-16,21H2,1-2H3/t17-/m1/s1. The van der Waals surface area contributed by atoms with Crippen molar-refractivity contribution in [2.75, 3.05) is 13.2 Å². The van der Waals surface area contributed by atoms with Gasteiger partial charge in [-0.25, -0.2) is 0 Å². The van der Waals surface area contributed by atoms with Gasteiger partial charge in [0.05, 0.1) is 18.8 Å². The first kappa shape index (κ1) is 20.1. The quantitative estimate of drug-likeness (QED) is 0.513. The van der Waals surface area contributed by atoms with E-state index in [-0.39, 0.29) is 19.1 Å². The lowest BCUT2D eigenvalue weighted by molar-refractivity contribution is 0.110. The lowest BCUT2D eigenvalue weighted by Gasteiger charge is -2.28. The molecule has 0 bridgehead atoms. The average molecular weight is 322 g/mol. The molecule has 0 saturated carbocycles. The van der Waals surface area contributed by atoms with Crippen LogP contribution in [0.1, 0.15) is 75.8 Å². The third-order valence-corrected chi connectivity index (χ3v) is 4.71. The fraction of sp³-hybridized carbons (Fsp3) is 0.700. The monoisotopic (exact) mass is 321 g/mol. The molecule has 132 valence electrons. The largest absolute Gasteiger partial charge is 0.394 e. The molecule has 0 aromatic heterocycles. The molecule has 0 aliphatic heterocycles. The van der Waals surface area contributed by atoms with Crippen LogP contribution >= 0.6 is 0 Å². The Labute approximate surface area is 141 Å². The van der Waals surface area contributed by atoms with Gasteiger partial charge in [0, 0.05) is 0 Å². The van der Waals surface area contributed by atoms with Crippen molar-refractivity contribution in [2.24, 2.45) is 5.73 Å². The van der Waals surface area contributed by atoms with Crippen LogP contribution in [0.2, 0.25) is 0 Å². The Kier molecular flexibility index (Phi) is 9.46. The number of aliphatic hydroxyl groups is 2. The smallest absolute Gasteiger partial charge is 0.0633 e. The van der Waals surface area contributed by atoms with Crippen molar-refractivity contribution in [1.29, 1.82) is 0 Å². The van der Waals surface area contributed by atoms with Gasteiger partial charge in [-0.2, -0.15) is 0 Å². The second-order valence-electron chi connectivity index (χ2n) is 7.04. The third kappa shape index (κ3) is 7.47. The molecule has 0 heterocycles. The summed E-state index contributed by atoms with van der Waals surface area (Å²) in [5.74, 6) is 0.224. The van der Waals surface area contributed by atoms with E-state index in [0.717, 1.165) is 6.42 Å². The topological polar surface area (TPSA) is 66.5 Å². The highest BCUT2D eigenvalue weighted by molar-refractivity contribution is 5.25. The molecule has 4 N–H and O–H groups in total. The molecular weight excluding hydrogens is 286 g/mol. The van der Waals surface area contributed by atoms with Crippen LogP contribution in [0.4, 0.5) is 0 Å². The molecule has 3 heteroatoms. The fourth-order valence-electron chi connectivity index (χ4n) is 3.03. The second kappa shape index (κ2) is 10.8. The predicted octanol–water partition coefficient (Wildman–Crippen LogP) is 3.77. The first-order valence-electron chi connectivity index (χ1n) is 9.14. The first-order valence-corrected chi connectivity index (χ1v) is 9.14. The van der Waals surface area contributed by atoms with E-state index < -0.39 is 5.54 Å². The Morgan fingerprint density at radius 1 is 0.957 bits per heavy atom. The number of hydrogen-bond acceptors (Lipinski definition) is 3. The minimum atomic E-state index is -0.892. The van der Waals surface area contributed by atoms with Crippen LogP contribution in [-0.4, -0.2) is 29.0 Å². The zero-order valence-corrected chi connectivity index (χ0v) is 14.9. The van der Waals surface area contributed by atoms with Crippen LogP contribution < -0.4 is 5.73 Å². The van der Waals surface area contributed by atoms with E-state index in [9.17, 15) is 10.2 Å². The second-order valence-corrected chi connectivity index (χ2v) is 7.04. The minimum Gasteiger partial charge on any atom is -0.394 e. The number of rotatable bonds is 12. The predicted molar refractivity (Wildman–Crippen MR) is 97.6 cm³/mol. The summed E-state index contributed by atoms with van der Waals surface area (Å²) in [5.41, 5.74) is 7.69. The molecular formula is C20H35NO2. The van der Waals surface area contributed by atoms with E-state index >= 15 is 0 Å². The maximum Gasteiger partial charge on any atom is 0.0633 e. The van der Waals surface area contributed by atoms with E-state index in [2.05, 4.69) is 38.1 Å². The number of hydrogen-bond donors (Lipinski definition) is 3. The van der Waals surface area contributed by atoms with Crippen LogP contribution in [0, 0.1) is 0 Å². The Morgan fingerprint density at radius 3 is 2.09 bits per heavy atom. The summed E-state index contributed by atoms with van der Waals surface area (Å²) < 4.78 is 0. The molecule has 0 aliphatic carbocycles. The number of benzene rings is 1. The van der Waals surface area contributed by atoms with Gasteiger partial charge in [-0.05, 0) is 36.3 Å². The van der Waals surface area contributed by atoms with Crippen molar-refractivity contribution in [3.63, 3.8) is 0 Å². The number of aliphatic hydroxyl groups excluding tert-OH is 2. The fourth-order valence-corrected chi connectivity index (χ4v) is 3.03. The molecule has 0 aliphatic rings. The van der Waals surface area contributed by atoms with Crippen molar-refractivity contribution in [1.82, 2.24) is 0 Å².